The first-order chi connectivity index (χ1) is 13.3. The molecule has 1 heterocycles. The molecule has 1 atom stereocenters. The number of nitrogens with one attached hydrogen (secondary N) is 2. The van der Waals surface area contributed by atoms with Crippen LogP contribution in [0.1, 0.15) is 22.7 Å². The molecular formula is C23H27IN4. The highest BCUT2D eigenvalue weighted by Gasteiger charge is 2.13. The van der Waals surface area contributed by atoms with Crippen LogP contribution in [0.25, 0.3) is 0 Å². The third-order valence-electron chi connectivity index (χ3n) is 4.50. The van der Waals surface area contributed by atoms with Crippen molar-refractivity contribution < 1.29 is 0 Å². The quantitative estimate of drug-likeness (QED) is 0.296. The predicted molar refractivity (Wildman–Crippen MR) is 127 cm³/mol. The molecule has 3 aromatic rings. The van der Waals surface area contributed by atoms with Crippen molar-refractivity contribution in [1.29, 1.82) is 0 Å². The second kappa shape index (κ2) is 12.1. The first-order valence-corrected chi connectivity index (χ1v) is 9.28. The fourth-order valence-corrected chi connectivity index (χ4v) is 3.05. The molecule has 0 aliphatic carbocycles. The second-order valence-electron chi connectivity index (χ2n) is 6.43. The van der Waals surface area contributed by atoms with E-state index in [-0.39, 0.29) is 24.0 Å². The fourth-order valence-electron chi connectivity index (χ4n) is 3.05. The van der Waals surface area contributed by atoms with Crippen LogP contribution in [0.2, 0.25) is 0 Å². The molecule has 0 amide bonds. The van der Waals surface area contributed by atoms with Crippen molar-refractivity contribution >= 4 is 29.9 Å². The third-order valence-corrected chi connectivity index (χ3v) is 4.50. The Morgan fingerprint density at radius 1 is 0.893 bits per heavy atom. The van der Waals surface area contributed by atoms with Gasteiger partial charge in [0.15, 0.2) is 5.96 Å². The van der Waals surface area contributed by atoms with Gasteiger partial charge >= 0.3 is 0 Å². The Morgan fingerprint density at radius 2 is 1.57 bits per heavy atom. The van der Waals surface area contributed by atoms with E-state index in [1.54, 1.807) is 13.2 Å². The van der Waals surface area contributed by atoms with Gasteiger partial charge in [0.1, 0.15) is 0 Å². The van der Waals surface area contributed by atoms with Gasteiger partial charge in [0.05, 0.1) is 12.2 Å². The Balaban J connectivity index is 0.00000280. The summed E-state index contributed by atoms with van der Waals surface area (Å²) in [6.45, 7) is 1.45. The van der Waals surface area contributed by atoms with Crippen LogP contribution in [-0.2, 0) is 13.0 Å². The van der Waals surface area contributed by atoms with Crippen molar-refractivity contribution in [3.05, 3.63) is 102 Å². The lowest BCUT2D eigenvalue weighted by Gasteiger charge is -2.20. The lowest BCUT2D eigenvalue weighted by Crippen LogP contribution is -2.39. The highest BCUT2D eigenvalue weighted by Crippen LogP contribution is 2.20. The summed E-state index contributed by atoms with van der Waals surface area (Å²) in [6.07, 6.45) is 2.79. The van der Waals surface area contributed by atoms with Crippen LogP contribution in [0.15, 0.2) is 90.1 Å². The van der Waals surface area contributed by atoms with Gasteiger partial charge in [-0.05, 0) is 29.7 Å². The van der Waals surface area contributed by atoms with E-state index < -0.39 is 0 Å². The summed E-state index contributed by atoms with van der Waals surface area (Å²) < 4.78 is 0. The van der Waals surface area contributed by atoms with Crippen LogP contribution < -0.4 is 10.6 Å². The first kappa shape index (κ1) is 21.9. The molecule has 0 saturated heterocycles. The number of benzene rings is 2. The standard InChI is InChI=1S/C23H26N4.HI/c1-24-23(27-18-22-14-8-9-15-25-22)26-17-21(20-12-6-3-7-13-20)16-19-10-4-2-5-11-19;/h2-15,21H,16-18H2,1H3,(H2,24,26,27);1H. The maximum atomic E-state index is 4.34. The minimum absolute atomic E-state index is 0. The third kappa shape index (κ3) is 6.96. The van der Waals surface area contributed by atoms with Crippen LogP contribution in [0.4, 0.5) is 0 Å². The summed E-state index contributed by atoms with van der Waals surface area (Å²) in [4.78, 5) is 8.68. The van der Waals surface area contributed by atoms with Gasteiger partial charge in [0.2, 0.25) is 0 Å². The number of pyridine rings is 1. The molecule has 2 N–H and O–H groups in total. The monoisotopic (exact) mass is 486 g/mol. The molecule has 0 bridgehead atoms. The Hall–Kier alpha value is -2.41. The predicted octanol–water partition coefficient (Wildman–Crippen LogP) is 4.39. The summed E-state index contributed by atoms with van der Waals surface area (Å²) in [5.41, 5.74) is 3.66. The van der Waals surface area contributed by atoms with E-state index in [9.17, 15) is 0 Å². The van der Waals surface area contributed by atoms with Gasteiger partial charge in [-0.2, -0.15) is 0 Å². The van der Waals surface area contributed by atoms with E-state index in [2.05, 4.69) is 81.3 Å². The number of hydrogen-bond acceptors (Lipinski definition) is 2. The highest BCUT2D eigenvalue weighted by molar-refractivity contribution is 14.0. The van der Waals surface area contributed by atoms with E-state index in [0.29, 0.717) is 12.5 Å². The smallest absolute Gasteiger partial charge is 0.191 e. The van der Waals surface area contributed by atoms with Crippen LogP contribution in [-0.4, -0.2) is 24.5 Å². The Bertz CT molecular complexity index is 823. The van der Waals surface area contributed by atoms with Gasteiger partial charge in [-0.1, -0.05) is 66.7 Å². The lowest BCUT2D eigenvalue weighted by molar-refractivity contribution is 0.644. The average Bonchev–Trinajstić information content (AvgIpc) is 2.75. The average molecular weight is 486 g/mol. The SMILES string of the molecule is CN=C(NCc1ccccn1)NCC(Cc1ccccc1)c1ccccc1.I. The molecule has 1 aromatic heterocycles. The normalized spacial score (nSPS) is 12.0. The number of aromatic nitrogens is 1. The Kier molecular flexibility index (Phi) is 9.48. The van der Waals surface area contributed by atoms with E-state index >= 15 is 0 Å². The molecule has 1 unspecified atom stereocenters. The topological polar surface area (TPSA) is 49.3 Å². The molecule has 5 heteroatoms. The number of aliphatic imine (C=N–C) groups is 1. The maximum Gasteiger partial charge on any atom is 0.191 e. The van der Waals surface area contributed by atoms with Crippen molar-refractivity contribution in [2.24, 2.45) is 4.99 Å². The summed E-state index contributed by atoms with van der Waals surface area (Å²) in [6, 6.07) is 27.2. The summed E-state index contributed by atoms with van der Waals surface area (Å²) >= 11 is 0. The molecule has 0 aliphatic heterocycles. The number of nitrogens with zero attached hydrogens (tertiary/aromatic N) is 2. The van der Waals surface area contributed by atoms with Gasteiger partial charge < -0.3 is 10.6 Å². The maximum absolute atomic E-state index is 4.34. The number of hydrogen-bond donors (Lipinski definition) is 2. The van der Waals surface area contributed by atoms with E-state index in [1.165, 1.54) is 11.1 Å². The molecule has 0 saturated carbocycles. The van der Waals surface area contributed by atoms with E-state index in [1.807, 2.05) is 18.2 Å². The second-order valence-corrected chi connectivity index (χ2v) is 6.43. The van der Waals surface area contributed by atoms with Crippen molar-refractivity contribution in [1.82, 2.24) is 15.6 Å². The number of guanidine groups is 1. The molecule has 0 fully saturated rings. The summed E-state index contributed by atoms with van der Waals surface area (Å²) in [7, 11) is 1.79. The van der Waals surface area contributed by atoms with Crippen molar-refractivity contribution in [3.63, 3.8) is 0 Å². The van der Waals surface area contributed by atoms with Gasteiger partial charge in [0, 0.05) is 25.7 Å². The largest absolute Gasteiger partial charge is 0.356 e. The number of rotatable bonds is 7. The van der Waals surface area contributed by atoms with Gasteiger partial charge in [-0.25, -0.2) is 0 Å². The van der Waals surface area contributed by atoms with Crippen LogP contribution in [0.5, 0.6) is 0 Å². The molecule has 0 radical (unpaired) electrons. The zero-order valence-electron chi connectivity index (χ0n) is 16.1. The van der Waals surface area contributed by atoms with Gasteiger partial charge in [-0.15, -0.1) is 24.0 Å². The van der Waals surface area contributed by atoms with Gasteiger partial charge in [-0.3, -0.25) is 9.98 Å². The molecule has 2 aromatic carbocycles. The van der Waals surface area contributed by atoms with Crippen molar-refractivity contribution in [3.8, 4) is 0 Å². The van der Waals surface area contributed by atoms with Crippen molar-refractivity contribution in [2.45, 2.75) is 18.9 Å². The zero-order chi connectivity index (χ0) is 18.7. The number of halogens is 1. The van der Waals surface area contributed by atoms with Crippen molar-refractivity contribution in [2.75, 3.05) is 13.6 Å². The van der Waals surface area contributed by atoms with E-state index in [4.69, 9.17) is 0 Å². The van der Waals surface area contributed by atoms with Gasteiger partial charge in [0.25, 0.3) is 0 Å². The Morgan fingerprint density at radius 3 is 2.21 bits per heavy atom. The molecular weight excluding hydrogens is 459 g/mol. The first-order valence-electron chi connectivity index (χ1n) is 9.28. The highest BCUT2D eigenvalue weighted by atomic mass is 127. The summed E-state index contributed by atoms with van der Waals surface area (Å²) in [5.74, 6) is 1.15. The van der Waals surface area contributed by atoms with Crippen LogP contribution in [0.3, 0.4) is 0 Å². The minimum atomic E-state index is 0. The lowest BCUT2D eigenvalue weighted by atomic mass is 9.92. The molecule has 0 spiro atoms. The molecule has 0 aliphatic rings. The van der Waals surface area contributed by atoms with E-state index in [0.717, 1.165) is 24.6 Å². The molecule has 146 valence electrons. The summed E-state index contributed by atoms with van der Waals surface area (Å²) in [5, 5.41) is 6.80. The fraction of sp³-hybridized carbons (Fsp3) is 0.217. The van der Waals surface area contributed by atoms with Crippen LogP contribution in [0, 0.1) is 0 Å². The van der Waals surface area contributed by atoms with Crippen LogP contribution >= 0.6 is 24.0 Å². The molecule has 3 rings (SSSR count). The molecule has 28 heavy (non-hydrogen) atoms. The molecule has 4 nitrogen and oxygen atoms in total. The minimum Gasteiger partial charge on any atom is -0.356 e. The Labute approximate surface area is 184 Å². The zero-order valence-corrected chi connectivity index (χ0v) is 18.4.